The molecule has 0 heterocycles. The molecule has 0 saturated heterocycles. The number of hydrogen-bond donors (Lipinski definition) is 1. The SMILES string of the molecule is Cc1cc(Br)cc(C)c1Nc1c(F)cc(C#N)cc1F. The van der Waals surface area contributed by atoms with E-state index in [1.165, 1.54) is 0 Å². The standard InChI is InChI=1S/C15H11BrF2N2/c1-8-3-11(16)4-9(2)14(8)20-15-12(17)5-10(7-19)6-13(15)18/h3-6,20H,1-2H3. The lowest BCUT2D eigenvalue weighted by atomic mass is 10.1. The summed E-state index contributed by atoms with van der Waals surface area (Å²) >= 11 is 3.37. The van der Waals surface area contributed by atoms with E-state index in [2.05, 4.69) is 21.2 Å². The lowest BCUT2D eigenvalue weighted by Crippen LogP contribution is -2.02. The molecule has 0 aliphatic heterocycles. The van der Waals surface area contributed by atoms with Crippen LogP contribution in [-0.2, 0) is 0 Å². The number of anilines is 2. The topological polar surface area (TPSA) is 35.8 Å². The third-order valence-electron chi connectivity index (χ3n) is 2.92. The van der Waals surface area contributed by atoms with E-state index in [-0.39, 0.29) is 11.3 Å². The predicted molar refractivity (Wildman–Crippen MR) is 78.0 cm³/mol. The first-order valence-electron chi connectivity index (χ1n) is 5.85. The van der Waals surface area contributed by atoms with Crippen LogP contribution in [0.15, 0.2) is 28.7 Å². The van der Waals surface area contributed by atoms with Crippen molar-refractivity contribution >= 4 is 27.3 Å². The molecule has 20 heavy (non-hydrogen) atoms. The van der Waals surface area contributed by atoms with Crippen molar-refractivity contribution in [1.29, 1.82) is 5.26 Å². The molecule has 2 rings (SSSR count). The van der Waals surface area contributed by atoms with Crippen molar-refractivity contribution < 1.29 is 8.78 Å². The van der Waals surface area contributed by atoms with Gasteiger partial charge in [0.15, 0.2) is 11.6 Å². The Morgan fingerprint density at radius 3 is 1.95 bits per heavy atom. The monoisotopic (exact) mass is 336 g/mol. The summed E-state index contributed by atoms with van der Waals surface area (Å²) in [4.78, 5) is 0. The van der Waals surface area contributed by atoms with E-state index in [4.69, 9.17) is 5.26 Å². The molecule has 0 saturated carbocycles. The number of aryl methyl sites for hydroxylation is 2. The highest BCUT2D eigenvalue weighted by Crippen LogP contribution is 2.30. The second-order valence-corrected chi connectivity index (χ2v) is 5.38. The van der Waals surface area contributed by atoms with E-state index in [1.807, 2.05) is 26.0 Å². The molecule has 0 fully saturated rings. The van der Waals surface area contributed by atoms with Gasteiger partial charge in [-0.1, -0.05) is 15.9 Å². The number of rotatable bonds is 2. The van der Waals surface area contributed by atoms with Gasteiger partial charge in [-0.25, -0.2) is 8.78 Å². The van der Waals surface area contributed by atoms with Gasteiger partial charge in [-0.05, 0) is 49.2 Å². The zero-order valence-corrected chi connectivity index (χ0v) is 12.5. The van der Waals surface area contributed by atoms with E-state index >= 15 is 0 Å². The third kappa shape index (κ3) is 2.81. The highest BCUT2D eigenvalue weighted by Gasteiger charge is 2.14. The van der Waals surface area contributed by atoms with Crippen LogP contribution in [0.5, 0.6) is 0 Å². The van der Waals surface area contributed by atoms with Gasteiger partial charge in [0.2, 0.25) is 0 Å². The summed E-state index contributed by atoms with van der Waals surface area (Å²) in [5.41, 5.74) is 2.07. The summed E-state index contributed by atoms with van der Waals surface area (Å²) in [5, 5.41) is 11.5. The minimum absolute atomic E-state index is 0.0465. The zero-order chi connectivity index (χ0) is 14.9. The van der Waals surface area contributed by atoms with E-state index in [1.54, 1.807) is 6.07 Å². The molecule has 0 aliphatic carbocycles. The molecule has 2 aromatic carbocycles. The first-order valence-corrected chi connectivity index (χ1v) is 6.64. The van der Waals surface area contributed by atoms with Gasteiger partial charge in [0, 0.05) is 10.2 Å². The number of nitrogens with one attached hydrogen (secondary N) is 1. The molecule has 0 aromatic heterocycles. The van der Waals surface area contributed by atoms with Crippen LogP contribution < -0.4 is 5.32 Å². The number of hydrogen-bond acceptors (Lipinski definition) is 2. The largest absolute Gasteiger partial charge is 0.350 e. The molecule has 0 bridgehead atoms. The Morgan fingerprint density at radius 1 is 1.00 bits per heavy atom. The van der Waals surface area contributed by atoms with Crippen LogP contribution in [0.3, 0.4) is 0 Å². The Hall–Kier alpha value is -1.93. The van der Waals surface area contributed by atoms with Crippen LogP contribution in [0.4, 0.5) is 20.2 Å². The first-order chi connectivity index (χ1) is 9.42. The van der Waals surface area contributed by atoms with Crippen LogP contribution in [0.25, 0.3) is 0 Å². The molecule has 102 valence electrons. The fourth-order valence-corrected chi connectivity index (χ4v) is 2.68. The van der Waals surface area contributed by atoms with Crippen molar-refractivity contribution in [3.8, 4) is 6.07 Å². The Morgan fingerprint density at radius 2 is 1.50 bits per heavy atom. The number of nitriles is 1. The van der Waals surface area contributed by atoms with Crippen LogP contribution in [0, 0.1) is 36.8 Å². The van der Waals surface area contributed by atoms with Crippen molar-refractivity contribution in [2.45, 2.75) is 13.8 Å². The van der Waals surface area contributed by atoms with E-state index in [0.717, 1.165) is 27.7 Å². The van der Waals surface area contributed by atoms with E-state index < -0.39 is 11.6 Å². The molecule has 0 radical (unpaired) electrons. The molecule has 1 N–H and O–H groups in total. The smallest absolute Gasteiger partial charge is 0.150 e. The van der Waals surface area contributed by atoms with Crippen molar-refractivity contribution in [3.05, 3.63) is 57.1 Å². The first kappa shape index (κ1) is 14.5. The maximum atomic E-state index is 13.9. The van der Waals surface area contributed by atoms with Gasteiger partial charge in [0.25, 0.3) is 0 Å². The molecule has 0 aliphatic rings. The zero-order valence-electron chi connectivity index (χ0n) is 10.9. The molecular formula is C15H11BrF2N2. The molecule has 0 unspecified atom stereocenters. The molecule has 0 atom stereocenters. The van der Waals surface area contributed by atoms with Crippen molar-refractivity contribution in [2.24, 2.45) is 0 Å². The third-order valence-corrected chi connectivity index (χ3v) is 3.38. The van der Waals surface area contributed by atoms with Gasteiger partial charge in [0.05, 0.1) is 11.6 Å². The second kappa shape index (κ2) is 5.59. The molecule has 2 aromatic rings. The predicted octanol–water partition coefficient (Wildman–Crippen LogP) is 4.96. The molecule has 5 heteroatoms. The average Bonchev–Trinajstić information content (AvgIpc) is 2.35. The van der Waals surface area contributed by atoms with Gasteiger partial charge in [-0.15, -0.1) is 0 Å². The highest BCUT2D eigenvalue weighted by atomic mass is 79.9. The number of halogens is 3. The van der Waals surface area contributed by atoms with Crippen molar-refractivity contribution in [1.82, 2.24) is 0 Å². The fourth-order valence-electron chi connectivity index (χ4n) is 1.99. The average molecular weight is 337 g/mol. The number of benzene rings is 2. The Balaban J connectivity index is 2.49. The summed E-state index contributed by atoms with van der Waals surface area (Å²) in [5.74, 6) is -1.58. The van der Waals surface area contributed by atoms with Gasteiger partial charge >= 0.3 is 0 Å². The summed E-state index contributed by atoms with van der Waals surface area (Å²) in [6.07, 6.45) is 0. The van der Waals surface area contributed by atoms with Crippen molar-refractivity contribution in [3.63, 3.8) is 0 Å². The van der Waals surface area contributed by atoms with E-state index in [0.29, 0.717) is 5.69 Å². The van der Waals surface area contributed by atoms with Crippen LogP contribution in [0.1, 0.15) is 16.7 Å². The van der Waals surface area contributed by atoms with Crippen LogP contribution in [-0.4, -0.2) is 0 Å². The van der Waals surface area contributed by atoms with Crippen molar-refractivity contribution in [2.75, 3.05) is 5.32 Å². The molecule has 0 amide bonds. The lowest BCUT2D eigenvalue weighted by molar-refractivity contribution is 0.590. The van der Waals surface area contributed by atoms with E-state index in [9.17, 15) is 8.78 Å². The Kier molecular flexibility index (Phi) is 4.05. The molecule has 2 nitrogen and oxygen atoms in total. The lowest BCUT2D eigenvalue weighted by Gasteiger charge is -2.14. The highest BCUT2D eigenvalue weighted by molar-refractivity contribution is 9.10. The maximum Gasteiger partial charge on any atom is 0.150 e. The fraction of sp³-hybridized carbons (Fsp3) is 0.133. The van der Waals surface area contributed by atoms with Gasteiger partial charge in [0.1, 0.15) is 5.69 Å². The Labute approximate surface area is 124 Å². The quantitative estimate of drug-likeness (QED) is 0.841. The summed E-state index contributed by atoms with van der Waals surface area (Å²) in [6.45, 7) is 3.69. The van der Waals surface area contributed by atoms with Gasteiger partial charge in [-0.2, -0.15) is 5.26 Å². The molecule has 0 spiro atoms. The number of nitrogens with zero attached hydrogens (tertiary/aromatic N) is 1. The van der Waals surface area contributed by atoms with Crippen LogP contribution >= 0.6 is 15.9 Å². The van der Waals surface area contributed by atoms with Gasteiger partial charge < -0.3 is 5.32 Å². The summed E-state index contributed by atoms with van der Waals surface area (Å²) < 4.78 is 28.6. The summed E-state index contributed by atoms with van der Waals surface area (Å²) in [6, 6.07) is 7.45. The Bertz CT molecular complexity index is 674. The molecular weight excluding hydrogens is 326 g/mol. The maximum absolute atomic E-state index is 13.9. The normalized spacial score (nSPS) is 10.2. The van der Waals surface area contributed by atoms with Crippen LogP contribution in [0.2, 0.25) is 0 Å². The minimum Gasteiger partial charge on any atom is -0.350 e. The summed E-state index contributed by atoms with van der Waals surface area (Å²) in [7, 11) is 0. The minimum atomic E-state index is -0.789. The second-order valence-electron chi connectivity index (χ2n) is 4.47. The van der Waals surface area contributed by atoms with Gasteiger partial charge in [-0.3, -0.25) is 0 Å².